The summed E-state index contributed by atoms with van der Waals surface area (Å²) in [6.45, 7) is 3.54. The highest BCUT2D eigenvalue weighted by Gasteiger charge is 2.15. The summed E-state index contributed by atoms with van der Waals surface area (Å²) in [5.41, 5.74) is 0.518. The molecule has 3 nitrogen and oxygen atoms in total. The quantitative estimate of drug-likeness (QED) is 0.883. The van der Waals surface area contributed by atoms with E-state index < -0.39 is 0 Å². The van der Waals surface area contributed by atoms with Crippen molar-refractivity contribution in [2.45, 2.75) is 0 Å². The van der Waals surface area contributed by atoms with Crippen molar-refractivity contribution in [3.05, 3.63) is 28.9 Å². The Balaban J connectivity index is 3.38. The third kappa shape index (κ3) is 2.30. The summed E-state index contributed by atoms with van der Waals surface area (Å²) in [5.74, 6) is 0.976. The molecule has 82 valence electrons. The third-order valence-electron chi connectivity index (χ3n) is 1.82. The largest absolute Gasteiger partial charge is 0.495 e. The molecule has 0 aromatic heterocycles. The average molecular weight is 248 g/mol. The summed E-state index contributed by atoms with van der Waals surface area (Å²) in [4.78, 5) is 0. The topological polar surface area (TPSA) is 30.5 Å². The summed E-state index contributed by atoms with van der Waals surface area (Å²) in [6, 6.07) is 1.62. The van der Waals surface area contributed by atoms with E-state index in [1.54, 1.807) is 6.07 Å². The van der Waals surface area contributed by atoms with E-state index in [0.717, 1.165) is 0 Å². The second kappa shape index (κ2) is 5.14. The minimum Gasteiger partial charge on any atom is -0.495 e. The van der Waals surface area contributed by atoms with Gasteiger partial charge in [0.25, 0.3) is 0 Å². The number of rotatable bonds is 4. The maximum Gasteiger partial charge on any atom is 0.143 e. The first-order valence-corrected chi connectivity index (χ1v) is 4.88. The zero-order chi connectivity index (χ0) is 11.4. The minimum absolute atomic E-state index is 0.392. The predicted molar refractivity (Wildman–Crippen MR) is 63.4 cm³/mol. The Morgan fingerprint density at radius 3 is 2.00 bits per heavy atom. The number of benzene rings is 1. The molecule has 1 aromatic carbocycles. The van der Waals surface area contributed by atoms with Crippen molar-refractivity contribution < 1.29 is 9.47 Å². The summed E-state index contributed by atoms with van der Waals surface area (Å²) < 4.78 is 10.2. The van der Waals surface area contributed by atoms with Crippen molar-refractivity contribution in [3.8, 4) is 11.5 Å². The third-order valence-corrected chi connectivity index (χ3v) is 2.57. The van der Waals surface area contributed by atoms with Crippen LogP contribution in [-0.2, 0) is 0 Å². The molecule has 1 N–H and O–H groups in total. The van der Waals surface area contributed by atoms with Gasteiger partial charge >= 0.3 is 0 Å². The predicted octanol–water partition coefficient (Wildman–Crippen LogP) is 3.57. The Bertz CT molecular complexity index is 352. The van der Waals surface area contributed by atoms with Crippen LogP contribution in [-0.4, -0.2) is 14.2 Å². The number of ether oxygens (including phenoxy) is 2. The zero-order valence-corrected chi connectivity index (χ0v) is 9.95. The fourth-order valence-electron chi connectivity index (χ4n) is 1.11. The van der Waals surface area contributed by atoms with E-state index in [2.05, 4.69) is 11.9 Å². The van der Waals surface area contributed by atoms with Crippen molar-refractivity contribution in [2.24, 2.45) is 0 Å². The molecule has 0 saturated carbocycles. The maximum absolute atomic E-state index is 6.05. The molecule has 0 amide bonds. The molecule has 5 heteroatoms. The van der Waals surface area contributed by atoms with Crippen molar-refractivity contribution in [1.29, 1.82) is 0 Å². The van der Waals surface area contributed by atoms with Crippen molar-refractivity contribution in [3.63, 3.8) is 0 Å². The van der Waals surface area contributed by atoms with Crippen LogP contribution in [0, 0.1) is 0 Å². The maximum atomic E-state index is 6.05. The Morgan fingerprint density at radius 2 is 1.67 bits per heavy atom. The molecule has 15 heavy (non-hydrogen) atoms. The van der Waals surface area contributed by atoms with Crippen LogP contribution in [0.2, 0.25) is 10.0 Å². The Labute approximate surface area is 98.6 Å². The van der Waals surface area contributed by atoms with Crippen LogP contribution < -0.4 is 14.8 Å². The molecule has 0 fully saturated rings. The second-order valence-corrected chi connectivity index (χ2v) is 3.39. The molecule has 0 aliphatic rings. The zero-order valence-electron chi connectivity index (χ0n) is 8.43. The Kier molecular flexibility index (Phi) is 4.12. The van der Waals surface area contributed by atoms with Crippen LogP contribution in [0.15, 0.2) is 18.8 Å². The van der Waals surface area contributed by atoms with Gasteiger partial charge in [-0.15, -0.1) is 0 Å². The lowest BCUT2D eigenvalue weighted by Gasteiger charge is -2.13. The molecular formula is C10H11Cl2NO2. The van der Waals surface area contributed by atoms with Crippen LogP contribution in [0.5, 0.6) is 11.5 Å². The summed E-state index contributed by atoms with van der Waals surface area (Å²) >= 11 is 12.1. The van der Waals surface area contributed by atoms with Crippen LogP contribution in [0.25, 0.3) is 0 Å². The van der Waals surface area contributed by atoms with E-state index in [9.17, 15) is 0 Å². The molecule has 0 bridgehead atoms. The van der Waals surface area contributed by atoms with Gasteiger partial charge in [0, 0.05) is 6.07 Å². The Morgan fingerprint density at radius 1 is 1.20 bits per heavy atom. The number of hydrogen-bond acceptors (Lipinski definition) is 3. The molecule has 0 aliphatic heterocycles. The van der Waals surface area contributed by atoms with E-state index in [4.69, 9.17) is 32.7 Å². The standard InChI is InChI=1S/C10H11Cl2NO2/c1-4-13-10-8(11)6(14-2)5-7(15-3)9(10)12/h4-5,13H,1H2,2-3H3. The molecule has 1 rings (SSSR count). The van der Waals surface area contributed by atoms with Gasteiger partial charge in [0.15, 0.2) is 0 Å². The normalized spacial score (nSPS) is 9.60. The number of methoxy groups -OCH3 is 2. The van der Waals surface area contributed by atoms with Gasteiger partial charge in [-0.1, -0.05) is 29.8 Å². The van der Waals surface area contributed by atoms with E-state index in [1.165, 1.54) is 20.4 Å². The second-order valence-electron chi connectivity index (χ2n) is 2.63. The molecule has 0 aliphatic carbocycles. The Hall–Kier alpha value is -1.06. The van der Waals surface area contributed by atoms with E-state index >= 15 is 0 Å². The first-order valence-electron chi connectivity index (χ1n) is 4.13. The average Bonchev–Trinajstić information content (AvgIpc) is 2.25. The van der Waals surface area contributed by atoms with Crippen molar-refractivity contribution in [2.75, 3.05) is 19.5 Å². The lowest BCUT2D eigenvalue weighted by atomic mass is 10.2. The van der Waals surface area contributed by atoms with Gasteiger partial charge in [0.2, 0.25) is 0 Å². The van der Waals surface area contributed by atoms with Crippen LogP contribution in [0.3, 0.4) is 0 Å². The first-order chi connectivity index (χ1) is 7.15. The van der Waals surface area contributed by atoms with Gasteiger partial charge in [0.1, 0.15) is 21.5 Å². The summed E-state index contributed by atoms with van der Waals surface area (Å²) in [5, 5.41) is 3.62. The smallest absolute Gasteiger partial charge is 0.143 e. The summed E-state index contributed by atoms with van der Waals surface area (Å²) in [6.07, 6.45) is 1.48. The highest BCUT2D eigenvalue weighted by Crippen LogP contribution is 2.43. The molecule has 1 aromatic rings. The number of halogens is 2. The SMILES string of the molecule is C=CNc1c(Cl)c(OC)cc(OC)c1Cl. The number of nitrogens with one attached hydrogen (secondary N) is 1. The molecule has 0 saturated heterocycles. The minimum atomic E-state index is 0.392. The molecular weight excluding hydrogens is 237 g/mol. The van der Waals surface area contributed by atoms with Crippen molar-refractivity contribution in [1.82, 2.24) is 0 Å². The van der Waals surface area contributed by atoms with E-state index in [-0.39, 0.29) is 0 Å². The van der Waals surface area contributed by atoms with E-state index in [1.807, 2.05) is 0 Å². The molecule has 0 spiro atoms. The lowest BCUT2D eigenvalue weighted by Crippen LogP contribution is -1.95. The molecule has 0 unspecified atom stereocenters. The summed E-state index contributed by atoms with van der Waals surface area (Å²) in [7, 11) is 3.04. The highest BCUT2D eigenvalue weighted by atomic mass is 35.5. The van der Waals surface area contributed by atoms with E-state index in [0.29, 0.717) is 27.2 Å². The van der Waals surface area contributed by atoms with Gasteiger partial charge in [-0.05, 0) is 6.20 Å². The van der Waals surface area contributed by atoms with Crippen LogP contribution in [0.1, 0.15) is 0 Å². The molecule has 0 heterocycles. The van der Waals surface area contributed by atoms with Gasteiger partial charge in [-0.25, -0.2) is 0 Å². The van der Waals surface area contributed by atoms with Gasteiger partial charge in [-0.3, -0.25) is 0 Å². The fraction of sp³-hybridized carbons (Fsp3) is 0.200. The molecule has 0 atom stereocenters. The highest BCUT2D eigenvalue weighted by molar-refractivity contribution is 6.41. The first kappa shape index (κ1) is 12.0. The monoisotopic (exact) mass is 247 g/mol. The van der Waals surface area contributed by atoms with Gasteiger partial charge in [-0.2, -0.15) is 0 Å². The van der Waals surface area contributed by atoms with Crippen LogP contribution in [0.4, 0.5) is 5.69 Å². The lowest BCUT2D eigenvalue weighted by molar-refractivity contribution is 0.395. The van der Waals surface area contributed by atoms with Crippen molar-refractivity contribution >= 4 is 28.9 Å². The number of anilines is 1. The number of hydrogen-bond donors (Lipinski definition) is 1. The molecule has 0 radical (unpaired) electrons. The van der Waals surface area contributed by atoms with Gasteiger partial charge < -0.3 is 14.8 Å². The fourth-order valence-corrected chi connectivity index (χ4v) is 1.72. The van der Waals surface area contributed by atoms with Gasteiger partial charge in [0.05, 0.1) is 19.9 Å². The van der Waals surface area contributed by atoms with Crippen LogP contribution >= 0.6 is 23.2 Å².